The first-order chi connectivity index (χ1) is 9.19. The van der Waals surface area contributed by atoms with E-state index in [4.69, 9.17) is 17.0 Å². The van der Waals surface area contributed by atoms with Crippen molar-refractivity contribution in [1.29, 1.82) is 0 Å². The third kappa shape index (κ3) is 2.28. The minimum Gasteiger partial charge on any atom is -0.496 e. The van der Waals surface area contributed by atoms with Gasteiger partial charge in [-0.1, -0.05) is 18.3 Å². The van der Waals surface area contributed by atoms with E-state index in [1.807, 2.05) is 30.8 Å². The van der Waals surface area contributed by atoms with Crippen LogP contribution in [-0.4, -0.2) is 17.1 Å². The van der Waals surface area contributed by atoms with Crippen molar-refractivity contribution >= 4 is 24.0 Å². The molecule has 3 nitrogen and oxygen atoms in total. The summed E-state index contributed by atoms with van der Waals surface area (Å²) >= 11 is 7.25. The van der Waals surface area contributed by atoms with Crippen LogP contribution in [0.15, 0.2) is 18.2 Å². The quantitative estimate of drug-likeness (QED) is 0.852. The lowest BCUT2D eigenvalue weighted by Crippen LogP contribution is -1.99. The predicted molar refractivity (Wildman–Crippen MR) is 81.1 cm³/mol. The molecule has 2 aromatic rings. The number of nitrogens with zero attached hydrogens (tertiary/aromatic N) is 1. The highest BCUT2D eigenvalue weighted by molar-refractivity contribution is 7.98. The summed E-state index contributed by atoms with van der Waals surface area (Å²) in [6.45, 7) is 2.04. The molecule has 0 atom stereocenters. The van der Waals surface area contributed by atoms with Crippen molar-refractivity contribution in [1.82, 2.24) is 9.97 Å². The second-order valence-electron chi connectivity index (χ2n) is 4.54. The molecule has 1 aliphatic rings. The van der Waals surface area contributed by atoms with Crippen LogP contribution in [0.5, 0.6) is 5.75 Å². The number of fused-ring (bicyclic) bond motifs is 1. The SMILES string of the molecule is COc1cc(C)ccc1-c1nc(=S)c2c([nH]1)CSC2. The van der Waals surface area contributed by atoms with E-state index in [0.717, 1.165) is 34.2 Å². The normalized spacial score (nSPS) is 13.4. The number of nitrogens with one attached hydrogen (secondary N) is 1. The zero-order chi connectivity index (χ0) is 13.4. The largest absolute Gasteiger partial charge is 0.496 e. The van der Waals surface area contributed by atoms with E-state index >= 15 is 0 Å². The number of thioether (sulfide) groups is 1. The summed E-state index contributed by atoms with van der Waals surface area (Å²) in [7, 11) is 1.68. The van der Waals surface area contributed by atoms with E-state index < -0.39 is 0 Å². The number of hydrogen-bond donors (Lipinski definition) is 1. The minimum atomic E-state index is 0.705. The van der Waals surface area contributed by atoms with Gasteiger partial charge in [0, 0.05) is 22.8 Å². The van der Waals surface area contributed by atoms with Crippen LogP contribution in [-0.2, 0) is 11.5 Å². The van der Waals surface area contributed by atoms with Crippen molar-refractivity contribution in [3.8, 4) is 17.1 Å². The lowest BCUT2D eigenvalue weighted by molar-refractivity contribution is 0.416. The summed E-state index contributed by atoms with van der Waals surface area (Å²) in [6, 6.07) is 6.09. The Morgan fingerprint density at radius 2 is 2.21 bits per heavy atom. The molecule has 0 saturated carbocycles. The maximum atomic E-state index is 5.44. The van der Waals surface area contributed by atoms with Crippen molar-refractivity contribution in [2.24, 2.45) is 0 Å². The van der Waals surface area contributed by atoms with Crippen LogP contribution in [0.1, 0.15) is 16.8 Å². The molecule has 0 aliphatic carbocycles. The molecule has 1 aromatic heterocycles. The highest BCUT2D eigenvalue weighted by Crippen LogP contribution is 2.33. The molecule has 0 radical (unpaired) electrons. The molecule has 0 amide bonds. The average Bonchev–Trinajstić information content (AvgIpc) is 2.87. The zero-order valence-corrected chi connectivity index (χ0v) is 12.5. The van der Waals surface area contributed by atoms with Crippen LogP contribution in [0.25, 0.3) is 11.4 Å². The summed E-state index contributed by atoms with van der Waals surface area (Å²) in [5.74, 6) is 3.55. The van der Waals surface area contributed by atoms with Crippen molar-refractivity contribution in [3.05, 3.63) is 39.7 Å². The van der Waals surface area contributed by atoms with Gasteiger partial charge in [-0.05, 0) is 24.6 Å². The van der Waals surface area contributed by atoms with E-state index in [2.05, 4.69) is 16.0 Å². The molecule has 19 heavy (non-hydrogen) atoms. The van der Waals surface area contributed by atoms with Gasteiger partial charge < -0.3 is 9.72 Å². The third-order valence-electron chi connectivity index (χ3n) is 3.21. The van der Waals surface area contributed by atoms with Crippen molar-refractivity contribution in [2.45, 2.75) is 18.4 Å². The summed E-state index contributed by atoms with van der Waals surface area (Å²) in [4.78, 5) is 7.92. The minimum absolute atomic E-state index is 0.705. The standard InChI is InChI=1S/C14H14N2OS2/c1-8-3-4-9(12(5-8)17-2)13-15-11-7-19-6-10(11)14(18)16-13/h3-5H,6-7H2,1-2H3,(H,15,16,18). The maximum Gasteiger partial charge on any atom is 0.142 e. The fraction of sp³-hybridized carbons (Fsp3) is 0.286. The summed E-state index contributed by atoms with van der Waals surface area (Å²) in [5, 5.41) is 0. The molecule has 2 heterocycles. The summed E-state index contributed by atoms with van der Waals surface area (Å²) < 4.78 is 6.15. The van der Waals surface area contributed by atoms with Gasteiger partial charge in [0.2, 0.25) is 0 Å². The molecule has 0 spiro atoms. The Morgan fingerprint density at radius 3 is 3.00 bits per heavy atom. The van der Waals surface area contributed by atoms with Gasteiger partial charge in [0.15, 0.2) is 0 Å². The first-order valence-corrected chi connectivity index (χ1v) is 7.60. The molecule has 0 bridgehead atoms. The number of ether oxygens (including phenoxy) is 1. The molecule has 3 rings (SSSR count). The van der Waals surface area contributed by atoms with Gasteiger partial charge in [0.1, 0.15) is 16.2 Å². The number of rotatable bonds is 2. The smallest absolute Gasteiger partial charge is 0.142 e. The average molecular weight is 290 g/mol. The molecule has 0 fully saturated rings. The van der Waals surface area contributed by atoms with Crippen LogP contribution in [0.4, 0.5) is 0 Å². The maximum absolute atomic E-state index is 5.44. The molecule has 0 saturated heterocycles. The molecule has 0 unspecified atom stereocenters. The Bertz CT molecular complexity index is 694. The fourth-order valence-electron chi connectivity index (χ4n) is 2.19. The van der Waals surface area contributed by atoms with Crippen LogP contribution in [0.3, 0.4) is 0 Å². The highest BCUT2D eigenvalue weighted by atomic mass is 32.2. The van der Waals surface area contributed by atoms with Crippen molar-refractivity contribution < 1.29 is 4.74 Å². The lowest BCUT2D eigenvalue weighted by atomic mass is 10.1. The van der Waals surface area contributed by atoms with Gasteiger partial charge in [0.05, 0.1) is 12.7 Å². The first-order valence-electron chi connectivity index (χ1n) is 6.04. The highest BCUT2D eigenvalue weighted by Gasteiger charge is 2.17. The van der Waals surface area contributed by atoms with Gasteiger partial charge in [-0.2, -0.15) is 11.8 Å². The van der Waals surface area contributed by atoms with E-state index in [1.165, 1.54) is 11.3 Å². The molecule has 1 N–H and O–H groups in total. The number of aromatic nitrogens is 2. The Morgan fingerprint density at radius 1 is 1.37 bits per heavy atom. The Kier molecular flexibility index (Phi) is 3.33. The van der Waals surface area contributed by atoms with Crippen LogP contribution >= 0.6 is 24.0 Å². The molecule has 98 valence electrons. The fourth-order valence-corrected chi connectivity index (χ4v) is 3.64. The Hall–Kier alpha value is -1.33. The Balaban J connectivity index is 2.18. The third-order valence-corrected chi connectivity index (χ3v) is 4.53. The molecular formula is C14H14N2OS2. The van der Waals surface area contributed by atoms with Crippen LogP contribution in [0, 0.1) is 11.6 Å². The van der Waals surface area contributed by atoms with Crippen molar-refractivity contribution in [3.63, 3.8) is 0 Å². The van der Waals surface area contributed by atoms with Gasteiger partial charge in [0.25, 0.3) is 0 Å². The first kappa shape index (κ1) is 12.7. The second kappa shape index (κ2) is 4.98. The molecular weight excluding hydrogens is 276 g/mol. The van der Waals surface area contributed by atoms with E-state index in [1.54, 1.807) is 7.11 Å². The van der Waals surface area contributed by atoms with Gasteiger partial charge in [-0.15, -0.1) is 0 Å². The number of benzene rings is 1. The van der Waals surface area contributed by atoms with E-state index in [9.17, 15) is 0 Å². The van der Waals surface area contributed by atoms with Gasteiger partial charge >= 0.3 is 0 Å². The predicted octanol–water partition coefficient (Wildman–Crippen LogP) is 3.87. The number of hydrogen-bond acceptors (Lipinski definition) is 4. The number of methoxy groups -OCH3 is 1. The van der Waals surface area contributed by atoms with Gasteiger partial charge in [-0.25, -0.2) is 4.98 Å². The van der Waals surface area contributed by atoms with Gasteiger partial charge in [-0.3, -0.25) is 0 Å². The number of aromatic amines is 1. The monoisotopic (exact) mass is 290 g/mol. The second-order valence-corrected chi connectivity index (χ2v) is 5.92. The van der Waals surface area contributed by atoms with Crippen LogP contribution < -0.4 is 4.74 Å². The lowest BCUT2D eigenvalue weighted by Gasteiger charge is -2.10. The summed E-state index contributed by atoms with van der Waals surface area (Å²) in [6.07, 6.45) is 0. The topological polar surface area (TPSA) is 37.9 Å². The number of H-pyrrole nitrogens is 1. The summed E-state index contributed by atoms with van der Waals surface area (Å²) in [5.41, 5.74) is 4.49. The van der Waals surface area contributed by atoms with Crippen molar-refractivity contribution in [2.75, 3.05) is 7.11 Å². The molecule has 5 heteroatoms. The van der Waals surface area contributed by atoms with E-state index in [-0.39, 0.29) is 0 Å². The van der Waals surface area contributed by atoms with Crippen LogP contribution in [0.2, 0.25) is 0 Å². The zero-order valence-electron chi connectivity index (χ0n) is 10.8. The Labute approximate surface area is 121 Å². The molecule has 1 aliphatic heterocycles. The van der Waals surface area contributed by atoms with E-state index in [0.29, 0.717) is 4.64 Å². The molecule has 1 aromatic carbocycles. The number of aryl methyl sites for hydroxylation is 1.